The molecule has 0 amide bonds. The van der Waals surface area contributed by atoms with Gasteiger partial charge in [0.25, 0.3) is 5.22 Å². The average Bonchev–Trinajstić information content (AvgIpc) is 3.02. The molecule has 2 atom stereocenters. The standard InChI is InChI=1S/C13H20N2O3S/c1-3-15-13(11(16)17-4-2)6-5-10(9-13)19-12-14-7-8-18-12/h7-8,10,15H,3-6,9H2,1-2H3. The number of ether oxygens (including phenoxy) is 1. The summed E-state index contributed by atoms with van der Waals surface area (Å²) in [4.78, 5) is 16.3. The predicted molar refractivity (Wildman–Crippen MR) is 73.0 cm³/mol. The highest BCUT2D eigenvalue weighted by atomic mass is 32.2. The molecular weight excluding hydrogens is 264 g/mol. The summed E-state index contributed by atoms with van der Waals surface area (Å²) in [6.07, 6.45) is 5.73. The first-order valence-corrected chi connectivity index (χ1v) is 7.56. The zero-order valence-electron chi connectivity index (χ0n) is 11.3. The molecule has 0 aliphatic heterocycles. The smallest absolute Gasteiger partial charge is 0.326 e. The van der Waals surface area contributed by atoms with Gasteiger partial charge in [0.1, 0.15) is 11.8 Å². The Hall–Kier alpha value is -1.01. The van der Waals surface area contributed by atoms with Crippen LogP contribution < -0.4 is 5.32 Å². The van der Waals surface area contributed by atoms with E-state index in [4.69, 9.17) is 9.15 Å². The molecule has 106 valence electrons. The molecule has 2 rings (SSSR count). The van der Waals surface area contributed by atoms with Crippen LogP contribution in [0.5, 0.6) is 0 Å². The minimum Gasteiger partial charge on any atom is -0.465 e. The Bertz CT molecular complexity index is 410. The van der Waals surface area contributed by atoms with Crippen LogP contribution in [0.2, 0.25) is 0 Å². The van der Waals surface area contributed by atoms with Crippen LogP contribution in [0, 0.1) is 0 Å². The van der Waals surface area contributed by atoms with Crippen molar-refractivity contribution in [3.8, 4) is 0 Å². The van der Waals surface area contributed by atoms with Crippen LogP contribution in [0.1, 0.15) is 33.1 Å². The number of thioether (sulfide) groups is 1. The molecule has 0 spiro atoms. The van der Waals surface area contributed by atoms with Crippen LogP contribution >= 0.6 is 11.8 Å². The van der Waals surface area contributed by atoms with E-state index in [-0.39, 0.29) is 5.97 Å². The molecule has 1 heterocycles. The Morgan fingerprint density at radius 3 is 3.16 bits per heavy atom. The van der Waals surface area contributed by atoms with Gasteiger partial charge >= 0.3 is 5.97 Å². The van der Waals surface area contributed by atoms with Crippen LogP contribution in [-0.4, -0.2) is 34.9 Å². The maximum atomic E-state index is 12.2. The van der Waals surface area contributed by atoms with Crippen LogP contribution in [0.4, 0.5) is 0 Å². The molecule has 0 saturated heterocycles. The molecule has 5 nitrogen and oxygen atoms in total. The summed E-state index contributed by atoms with van der Waals surface area (Å²) in [6.45, 7) is 5.03. The summed E-state index contributed by atoms with van der Waals surface area (Å²) in [5.74, 6) is -0.132. The van der Waals surface area contributed by atoms with Crippen LogP contribution in [0.25, 0.3) is 0 Å². The molecular formula is C13H20N2O3S. The quantitative estimate of drug-likeness (QED) is 0.808. The fraction of sp³-hybridized carbons (Fsp3) is 0.692. The van der Waals surface area contributed by atoms with Gasteiger partial charge in [-0.05, 0) is 32.7 Å². The second kappa shape index (κ2) is 6.43. The van der Waals surface area contributed by atoms with E-state index in [1.165, 1.54) is 0 Å². The second-order valence-electron chi connectivity index (χ2n) is 4.61. The Kier molecular flexibility index (Phi) is 4.87. The summed E-state index contributed by atoms with van der Waals surface area (Å²) in [6, 6.07) is 0. The molecule has 2 unspecified atom stereocenters. The van der Waals surface area contributed by atoms with Crippen molar-refractivity contribution >= 4 is 17.7 Å². The molecule has 0 radical (unpaired) electrons. The lowest BCUT2D eigenvalue weighted by Gasteiger charge is -2.27. The number of hydrogen-bond donors (Lipinski definition) is 1. The summed E-state index contributed by atoms with van der Waals surface area (Å²) in [5, 5.41) is 4.32. The number of rotatable bonds is 6. The summed E-state index contributed by atoms with van der Waals surface area (Å²) < 4.78 is 10.5. The van der Waals surface area contributed by atoms with Crippen LogP contribution in [-0.2, 0) is 9.53 Å². The summed E-state index contributed by atoms with van der Waals surface area (Å²) in [5.41, 5.74) is -0.533. The molecule has 1 aliphatic rings. The van der Waals surface area contributed by atoms with Gasteiger partial charge in [0.15, 0.2) is 0 Å². The minimum atomic E-state index is -0.533. The zero-order valence-corrected chi connectivity index (χ0v) is 12.2. The van der Waals surface area contributed by atoms with Gasteiger partial charge in [0, 0.05) is 5.25 Å². The fourth-order valence-corrected chi connectivity index (χ4v) is 3.66. The highest BCUT2D eigenvalue weighted by Gasteiger charge is 2.46. The number of nitrogens with zero attached hydrogens (tertiary/aromatic N) is 1. The number of aromatic nitrogens is 1. The van der Waals surface area contributed by atoms with Gasteiger partial charge in [-0.1, -0.05) is 18.7 Å². The van der Waals surface area contributed by atoms with Crippen molar-refractivity contribution in [3.05, 3.63) is 12.5 Å². The predicted octanol–water partition coefficient (Wildman–Crippen LogP) is 2.23. The molecule has 1 aromatic rings. The maximum absolute atomic E-state index is 12.2. The van der Waals surface area contributed by atoms with Crippen molar-refractivity contribution in [2.24, 2.45) is 0 Å². The summed E-state index contributed by atoms with van der Waals surface area (Å²) in [7, 11) is 0. The lowest BCUT2D eigenvalue weighted by Crippen LogP contribution is -2.51. The Morgan fingerprint density at radius 1 is 1.68 bits per heavy atom. The molecule has 19 heavy (non-hydrogen) atoms. The van der Waals surface area contributed by atoms with Crippen LogP contribution in [0.3, 0.4) is 0 Å². The van der Waals surface area contributed by atoms with Crippen molar-refractivity contribution in [1.29, 1.82) is 0 Å². The van der Waals surface area contributed by atoms with E-state index in [2.05, 4.69) is 10.3 Å². The number of carbonyl (C=O) groups excluding carboxylic acids is 1. The molecule has 1 fully saturated rings. The van der Waals surface area contributed by atoms with Crippen molar-refractivity contribution in [1.82, 2.24) is 10.3 Å². The first-order valence-electron chi connectivity index (χ1n) is 6.68. The lowest BCUT2D eigenvalue weighted by atomic mass is 9.98. The molecule has 1 aliphatic carbocycles. The lowest BCUT2D eigenvalue weighted by molar-refractivity contribution is -0.151. The molecule has 6 heteroatoms. The normalized spacial score (nSPS) is 26.5. The number of hydrogen-bond acceptors (Lipinski definition) is 6. The van der Waals surface area contributed by atoms with E-state index >= 15 is 0 Å². The van der Waals surface area contributed by atoms with Gasteiger partial charge < -0.3 is 14.5 Å². The van der Waals surface area contributed by atoms with E-state index in [9.17, 15) is 4.79 Å². The molecule has 0 bridgehead atoms. The topological polar surface area (TPSA) is 64.4 Å². The zero-order chi connectivity index (χ0) is 13.7. The first-order chi connectivity index (χ1) is 9.20. The van der Waals surface area contributed by atoms with Gasteiger partial charge in [0.2, 0.25) is 0 Å². The van der Waals surface area contributed by atoms with E-state index in [1.807, 2.05) is 13.8 Å². The van der Waals surface area contributed by atoms with Gasteiger partial charge in [-0.2, -0.15) is 0 Å². The van der Waals surface area contributed by atoms with Gasteiger partial charge in [0.05, 0.1) is 12.8 Å². The first kappa shape index (κ1) is 14.4. The van der Waals surface area contributed by atoms with E-state index in [1.54, 1.807) is 24.2 Å². The highest BCUT2D eigenvalue weighted by Crippen LogP contribution is 2.40. The van der Waals surface area contributed by atoms with Gasteiger partial charge in [-0.25, -0.2) is 4.98 Å². The molecule has 1 N–H and O–H groups in total. The SMILES string of the molecule is CCNC1(C(=O)OCC)CCC(Sc2ncco2)C1. The Labute approximate surface area is 117 Å². The third-order valence-corrected chi connectivity index (χ3v) is 4.47. The van der Waals surface area contributed by atoms with E-state index < -0.39 is 5.54 Å². The highest BCUT2D eigenvalue weighted by molar-refractivity contribution is 7.99. The van der Waals surface area contributed by atoms with Crippen molar-refractivity contribution in [2.75, 3.05) is 13.2 Å². The van der Waals surface area contributed by atoms with Gasteiger partial charge in [-0.3, -0.25) is 4.79 Å². The van der Waals surface area contributed by atoms with Crippen molar-refractivity contribution in [3.63, 3.8) is 0 Å². The largest absolute Gasteiger partial charge is 0.465 e. The Balaban J connectivity index is 2.00. The maximum Gasteiger partial charge on any atom is 0.326 e. The van der Waals surface area contributed by atoms with Crippen LogP contribution in [0.15, 0.2) is 22.1 Å². The number of nitrogens with one attached hydrogen (secondary N) is 1. The van der Waals surface area contributed by atoms with Crippen molar-refractivity contribution in [2.45, 2.75) is 49.1 Å². The third kappa shape index (κ3) is 3.30. The number of likely N-dealkylation sites (N-methyl/N-ethyl adjacent to an activating group) is 1. The molecule has 0 aromatic carbocycles. The van der Waals surface area contributed by atoms with E-state index in [0.29, 0.717) is 17.1 Å². The van der Waals surface area contributed by atoms with E-state index in [0.717, 1.165) is 25.8 Å². The van der Waals surface area contributed by atoms with Gasteiger partial charge in [-0.15, -0.1) is 0 Å². The monoisotopic (exact) mass is 284 g/mol. The molecule has 1 saturated carbocycles. The third-order valence-electron chi connectivity index (χ3n) is 3.33. The van der Waals surface area contributed by atoms with Crippen molar-refractivity contribution < 1.29 is 13.9 Å². The second-order valence-corrected chi connectivity index (χ2v) is 5.87. The minimum absolute atomic E-state index is 0.132. The Morgan fingerprint density at radius 2 is 2.53 bits per heavy atom. The fourth-order valence-electron chi connectivity index (χ4n) is 2.54. The number of oxazole rings is 1. The average molecular weight is 284 g/mol. The number of esters is 1. The molecule has 1 aromatic heterocycles. The number of carbonyl (C=O) groups is 1. The summed E-state index contributed by atoms with van der Waals surface area (Å²) >= 11 is 1.60.